The molecule has 0 fully saturated rings. The molecule has 1 aliphatic heterocycles. The first-order valence-electron chi connectivity index (χ1n) is 5.44. The van der Waals surface area contributed by atoms with Crippen LogP contribution in [0.3, 0.4) is 0 Å². The number of esters is 1. The molecule has 2 rings (SSSR count). The summed E-state index contributed by atoms with van der Waals surface area (Å²) >= 11 is 8.84. The zero-order valence-electron chi connectivity index (χ0n) is 10.2. The molecule has 1 unspecified atom stereocenters. The van der Waals surface area contributed by atoms with Gasteiger partial charge in [-0.1, -0.05) is 27.5 Å². The predicted molar refractivity (Wildman–Crippen MR) is 72.8 cm³/mol. The summed E-state index contributed by atoms with van der Waals surface area (Å²) in [5.74, 6) is -3.22. The molecule has 0 bridgehead atoms. The van der Waals surface area contributed by atoms with Crippen LogP contribution in [-0.4, -0.2) is 36.1 Å². The second kappa shape index (κ2) is 5.49. The maximum atomic E-state index is 13.9. The number of nitrogens with zero attached hydrogens (tertiary/aromatic N) is 1. The number of benzene rings is 1. The van der Waals surface area contributed by atoms with Gasteiger partial charge >= 0.3 is 5.97 Å². The Morgan fingerprint density at radius 2 is 2.15 bits per heavy atom. The number of halogens is 3. The van der Waals surface area contributed by atoms with Crippen molar-refractivity contribution in [3.8, 4) is 0 Å². The van der Waals surface area contributed by atoms with Crippen molar-refractivity contribution >= 4 is 50.9 Å². The fourth-order valence-electron chi connectivity index (χ4n) is 1.89. The van der Waals surface area contributed by atoms with E-state index in [1.54, 1.807) is 0 Å². The average molecular weight is 365 g/mol. The molecule has 1 aromatic carbocycles. The van der Waals surface area contributed by atoms with Crippen LogP contribution in [0.4, 0.5) is 10.1 Å². The molecule has 1 heterocycles. The Kier molecular flexibility index (Phi) is 4.10. The van der Waals surface area contributed by atoms with E-state index in [2.05, 4.69) is 20.7 Å². The van der Waals surface area contributed by atoms with Crippen molar-refractivity contribution in [3.05, 3.63) is 28.5 Å². The normalized spacial score (nSPS) is 15.3. The predicted octanol–water partition coefficient (Wildman–Crippen LogP) is 1.94. The summed E-state index contributed by atoms with van der Waals surface area (Å²) in [4.78, 5) is 35.1. The highest BCUT2D eigenvalue weighted by molar-refractivity contribution is 9.10. The Labute approximate surface area is 126 Å². The SMILES string of the molecule is COC(=O)C(Br)CN1C(=O)C(=O)c2c(Cl)ccc(F)c21. The molecule has 1 amide bonds. The van der Waals surface area contributed by atoms with E-state index in [1.807, 2.05) is 0 Å². The van der Waals surface area contributed by atoms with E-state index in [0.29, 0.717) is 0 Å². The highest BCUT2D eigenvalue weighted by Gasteiger charge is 2.41. The van der Waals surface area contributed by atoms with Crippen molar-refractivity contribution < 1.29 is 23.5 Å². The van der Waals surface area contributed by atoms with Crippen molar-refractivity contribution in [3.63, 3.8) is 0 Å². The largest absolute Gasteiger partial charge is 0.468 e. The lowest BCUT2D eigenvalue weighted by Gasteiger charge is -2.19. The molecule has 1 aromatic rings. The summed E-state index contributed by atoms with van der Waals surface area (Å²) in [6.07, 6.45) is 0. The minimum Gasteiger partial charge on any atom is -0.468 e. The van der Waals surface area contributed by atoms with Crippen LogP contribution in [-0.2, 0) is 14.3 Å². The van der Waals surface area contributed by atoms with Crippen LogP contribution in [0.15, 0.2) is 12.1 Å². The van der Waals surface area contributed by atoms with Crippen LogP contribution in [0.1, 0.15) is 10.4 Å². The van der Waals surface area contributed by atoms with Crippen molar-refractivity contribution in [1.82, 2.24) is 0 Å². The fourth-order valence-corrected chi connectivity index (χ4v) is 2.60. The second-order valence-corrected chi connectivity index (χ2v) is 5.50. The molecule has 0 N–H and O–H groups in total. The molecule has 5 nitrogen and oxygen atoms in total. The van der Waals surface area contributed by atoms with Crippen molar-refractivity contribution in [1.29, 1.82) is 0 Å². The number of hydrogen-bond donors (Lipinski definition) is 0. The van der Waals surface area contributed by atoms with Gasteiger partial charge in [-0.3, -0.25) is 14.4 Å². The summed E-state index contributed by atoms with van der Waals surface area (Å²) in [6, 6.07) is 2.26. The Hall–Kier alpha value is -1.47. The Bertz CT molecular complexity index is 622. The molecule has 1 atom stereocenters. The van der Waals surface area contributed by atoms with E-state index in [4.69, 9.17) is 11.6 Å². The first kappa shape index (κ1) is 14.9. The molecular weight excluding hydrogens is 356 g/mol. The molecule has 0 saturated heterocycles. The number of ketones is 1. The number of carbonyl (C=O) groups is 3. The van der Waals surface area contributed by atoms with Gasteiger partial charge in [0.15, 0.2) is 0 Å². The van der Waals surface area contributed by atoms with E-state index in [1.165, 1.54) is 13.2 Å². The molecular formula is C12H8BrClFNO4. The van der Waals surface area contributed by atoms with Gasteiger partial charge in [0.2, 0.25) is 0 Å². The maximum absolute atomic E-state index is 13.9. The topological polar surface area (TPSA) is 63.7 Å². The lowest BCUT2D eigenvalue weighted by molar-refractivity contribution is -0.139. The average Bonchev–Trinajstić information content (AvgIpc) is 2.68. The van der Waals surface area contributed by atoms with Crippen molar-refractivity contribution in [2.45, 2.75) is 4.83 Å². The Balaban J connectivity index is 2.43. The number of Topliss-reactive ketones (excluding diaryl/α,β-unsaturated/α-hetero) is 1. The molecule has 0 saturated carbocycles. The number of rotatable bonds is 3. The lowest BCUT2D eigenvalue weighted by Crippen LogP contribution is -2.38. The summed E-state index contributed by atoms with van der Waals surface area (Å²) in [5.41, 5.74) is -0.387. The van der Waals surface area contributed by atoms with Gasteiger partial charge < -0.3 is 9.64 Å². The van der Waals surface area contributed by atoms with Gasteiger partial charge in [-0.05, 0) is 12.1 Å². The van der Waals surface area contributed by atoms with Gasteiger partial charge in [-0.15, -0.1) is 0 Å². The monoisotopic (exact) mass is 363 g/mol. The number of carbonyl (C=O) groups excluding carboxylic acids is 3. The Morgan fingerprint density at radius 1 is 1.50 bits per heavy atom. The highest BCUT2D eigenvalue weighted by Crippen LogP contribution is 2.36. The molecule has 8 heteroatoms. The van der Waals surface area contributed by atoms with Gasteiger partial charge in [0.05, 0.1) is 23.4 Å². The van der Waals surface area contributed by atoms with E-state index in [0.717, 1.165) is 11.0 Å². The molecule has 106 valence electrons. The van der Waals surface area contributed by atoms with Crippen molar-refractivity contribution in [2.24, 2.45) is 0 Å². The van der Waals surface area contributed by atoms with Crippen molar-refractivity contribution in [2.75, 3.05) is 18.6 Å². The molecule has 1 aliphatic rings. The first-order chi connectivity index (χ1) is 9.38. The first-order valence-corrected chi connectivity index (χ1v) is 6.74. The van der Waals surface area contributed by atoms with E-state index < -0.39 is 28.3 Å². The second-order valence-electron chi connectivity index (χ2n) is 3.99. The molecule has 20 heavy (non-hydrogen) atoms. The van der Waals surface area contributed by atoms with Gasteiger partial charge in [-0.2, -0.15) is 0 Å². The number of alkyl halides is 1. The minimum atomic E-state index is -0.930. The molecule has 0 spiro atoms. The quantitative estimate of drug-likeness (QED) is 0.467. The van der Waals surface area contributed by atoms with Gasteiger partial charge in [0, 0.05) is 6.54 Å². The molecule has 0 aromatic heterocycles. The number of ether oxygens (including phenoxy) is 1. The van der Waals surface area contributed by atoms with E-state index in [-0.39, 0.29) is 22.8 Å². The fraction of sp³-hybridized carbons (Fsp3) is 0.250. The smallest absolute Gasteiger partial charge is 0.321 e. The Morgan fingerprint density at radius 3 is 2.75 bits per heavy atom. The third-order valence-electron chi connectivity index (χ3n) is 2.81. The van der Waals surface area contributed by atoms with E-state index >= 15 is 0 Å². The molecule has 0 aliphatic carbocycles. The van der Waals surface area contributed by atoms with Crippen LogP contribution in [0.2, 0.25) is 5.02 Å². The van der Waals surface area contributed by atoms with Gasteiger partial charge in [-0.25, -0.2) is 4.39 Å². The zero-order chi connectivity index (χ0) is 15.0. The molecule has 0 radical (unpaired) electrons. The number of amides is 1. The third-order valence-corrected chi connectivity index (χ3v) is 3.79. The standard InChI is InChI=1S/C12H8BrClFNO4/c1-20-12(19)5(13)4-16-9-7(15)3-2-6(14)8(9)10(17)11(16)18/h2-3,5H,4H2,1H3. The summed E-state index contributed by atoms with van der Waals surface area (Å²) < 4.78 is 18.4. The van der Waals surface area contributed by atoms with Crippen LogP contribution < -0.4 is 4.90 Å². The highest BCUT2D eigenvalue weighted by atomic mass is 79.9. The minimum absolute atomic E-state index is 0.00793. The van der Waals surface area contributed by atoms with Gasteiger partial charge in [0.1, 0.15) is 10.6 Å². The van der Waals surface area contributed by atoms with E-state index in [9.17, 15) is 18.8 Å². The van der Waals surface area contributed by atoms with Crippen LogP contribution in [0.25, 0.3) is 0 Å². The van der Waals surface area contributed by atoms with Crippen LogP contribution in [0, 0.1) is 5.82 Å². The number of hydrogen-bond acceptors (Lipinski definition) is 4. The van der Waals surface area contributed by atoms with Crippen LogP contribution in [0.5, 0.6) is 0 Å². The third kappa shape index (κ3) is 2.31. The van der Waals surface area contributed by atoms with Crippen LogP contribution >= 0.6 is 27.5 Å². The number of methoxy groups -OCH3 is 1. The number of fused-ring (bicyclic) bond motifs is 1. The summed E-state index contributed by atoms with van der Waals surface area (Å²) in [7, 11) is 1.18. The summed E-state index contributed by atoms with van der Waals surface area (Å²) in [5, 5.41) is -0.00793. The summed E-state index contributed by atoms with van der Waals surface area (Å²) in [6.45, 7) is -0.235. The lowest BCUT2D eigenvalue weighted by atomic mass is 10.1. The maximum Gasteiger partial charge on any atom is 0.321 e. The number of anilines is 1. The van der Waals surface area contributed by atoms with Gasteiger partial charge in [0.25, 0.3) is 11.7 Å². The zero-order valence-corrected chi connectivity index (χ0v) is 12.5.